The van der Waals surface area contributed by atoms with Crippen LogP contribution in [0.5, 0.6) is 11.5 Å². The smallest absolute Gasteiger partial charge is 0.235 e. The normalized spacial score (nSPS) is 16.6. The fourth-order valence-electron chi connectivity index (χ4n) is 3.17. The van der Waals surface area contributed by atoms with Crippen molar-refractivity contribution in [2.24, 2.45) is 4.99 Å². The van der Waals surface area contributed by atoms with Crippen LogP contribution >= 0.6 is 11.6 Å². The predicted molar refractivity (Wildman–Crippen MR) is 77.6 cm³/mol. The van der Waals surface area contributed by atoms with Crippen LogP contribution in [0.3, 0.4) is 0 Å². The molecule has 0 spiro atoms. The van der Waals surface area contributed by atoms with Gasteiger partial charge < -0.3 is 9.47 Å². The van der Waals surface area contributed by atoms with E-state index in [1.165, 1.54) is 0 Å². The van der Waals surface area contributed by atoms with E-state index in [2.05, 4.69) is 4.99 Å². The maximum absolute atomic E-state index is 10.8. The molecule has 0 heterocycles. The van der Waals surface area contributed by atoms with E-state index in [1.807, 2.05) is 6.92 Å². The Morgan fingerprint density at radius 3 is 2.45 bits per heavy atom. The van der Waals surface area contributed by atoms with Crippen molar-refractivity contribution < 1.29 is 14.3 Å². The molecule has 1 saturated carbocycles. The van der Waals surface area contributed by atoms with E-state index < -0.39 is 5.54 Å². The minimum Gasteiger partial charge on any atom is -0.493 e. The van der Waals surface area contributed by atoms with Crippen LogP contribution < -0.4 is 9.47 Å². The number of aliphatic imine (C=N–C) groups is 1. The Morgan fingerprint density at radius 1 is 1.30 bits per heavy atom. The molecule has 4 nitrogen and oxygen atoms in total. The maximum Gasteiger partial charge on any atom is 0.235 e. The van der Waals surface area contributed by atoms with E-state index in [0.29, 0.717) is 16.5 Å². The van der Waals surface area contributed by atoms with Crippen LogP contribution in [-0.2, 0) is 10.3 Å². The van der Waals surface area contributed by atoms with Gasteiger partial charge in [0.15, 0.2) is 11.5 Å². The zero-order valence-electron chi connectivity index (χ0n) is 12.0. The van der Waals surface area contributed by atoms with Gasteiger partial charge in [0.2, 0.25) is 6.08 Å². The third kappa shape index (κ3) is 2.30. The molecule has 0 amide bonds. The van der Waals surface area contributed by atoms with Crippen molar-refractivity contribution in [3.8, 4) is 11.5 Å². The lowest BCUT2D eigenvalue weighted by molar-refractivity contribution is 0.349. The molecule has 1 aliphatic rings. The molecule has 0 unspecified atom stereocenters. The lowest BCUT2D eigenvalue weighted by atomic mass is 9.85. The van der Waals surface area contributed by atoms with Gasteiger partial charge in [-0.1, -0.05) is 24.4 Å². The van der Waals surface area contributed by atoms with Crippen LogP contribution in [0.1, 0.15) is 36.8 Å². The Hall–Kier alpha value is -1.51. The summed E-state index contributed by atoms with van der Waals surface area (Å²) in [5.41, 5.74) is 1.16. The highest BCUT2D eigenvalue weighted by molar-refractivity contribution is 6.31. The van der Waals surface area contributed by atoms with E-state index in [0.717, 1.165) is 36.8 Å². The molecule has 1 aliphatic carbocycles. The number of methoxy groups -OCH3 is 2. The zero-order chi connectivity index (χ0) is 14.8. The maximum atomic E-state index is 10.8. The molecular formula is C15H18ClNO3. The number of rotatable bonds is 4. The summed E-state index contributed by atoms with van der Waals surface area (Å²) in [6, 6.07) is 1.73. The first kappa shape index (κ1) is 14.9. The molecular weight excluding hydrogens is 278 g/mol. The molecule has 0 N–H and O–H groups in total. The van der Waals surface area contributed by atoms with Gasteiger partial charge in [-0.3, -0.25) is 0 Å². The number of hydrogen-bond acceptors (Lipinski definition) is 4. The number of carbonyl (C=O) groups excluding carboxylic acids is 1. The van der Waals surface area contributed by atoms with Crippen LogP contribution in [-0.4, -0.2) is 20.3 Å². The molecule has 0 atom stereocenters. The van der Waals surface area contributed by atoms with Crippen molar-refractivity contribution >= 4 is 17.7 Å². The number of isocyanates is 1. The van der Waals surface area contributed by atoms with Gasteiger partial charge in [-0.05, 0) is 19.8 Å². The van der Waals surface area contributed by atoms with E-state index >= 15 is 0 Å². The Labute approximate surface area is 123 Å². The summed E-state index contributed by atoms with van der Waals surface area (Å²) in [7, 11) is 3.16. The molecule has 0 bridgehead atoms. The Morgan fingerprint density at radius 2 is 1.95 bits per heavy atom. The molecule has 0 radical (unpaired) electrons. The highest BCUT2D eigenvalue weighted by Crippen LogP contribution is 2.50. The minimum atomic E-state index is -0.567. The third-order valence-electron chi connectivity index (χ3n) is 4.02. The van der Waals surface area contributed by atoms with E-state index in [1.54, 1.807) is 26.4 Å². The zero-order valence-corrected chi connectivity index (χ0v) is 12.7. The first-order chi connectivity index (χ1) is 9.59. The molecule has 2 rings (SSSR count). The van der Waals surface area contributed by atoms with Crippen LogP contribution in [0.2, 0.25) is 5.02 Å². The predicted octanol–water partition coefficient (Wildman–Crippen LogP) is 3.77. The highest BCUT2D eigenvalue weighted by Gasteiger charge is 2.39. The Balaban J connectivity index is 2.70. The highest BCUT2D eigenvalue weighted by atomic mass is 35.5. The second-order valence-electron chi connectivity index (χ2n) is 5.04. The second-order valence-corrected chi connectivity index (χ2v) is 5.44. The SMILES string of the molecule is COc1cc(Cl)c(C2(N=C=O)CCCC2)c(C)c1OC. The molecule has 1 aromatic rings. The van der Waals surface area contributed by atoms with E-state index in [9.17, 15) is 4.79 Å². The first-order valence-electron chi connectivity index (χ1n) is 6.60. The summed E-state index contributed by atoms with van der Waals surface area (Å²) in [6.45, 7) is 1.92. The largest absolute Gasteiger partial charge is 0.493 e. The molecule has 0 aliphatic heterocycles. The number of halogens is 1. The van der Waals surface area contributed by atoms with Crippen LogP contribution in [0.25, 0.3) is 0 Å². The molecule has 0 aromatic heterocycles. The van der Waals surface area contributed by atoms with Crippen LogP contribution in [0.4, 0.5) is 0 Å². The summed E-state index contributed by atoms with van der Waals surface area (Å²) in [4.78, 5) is 14.9. The van der Waals surface area contributed by atoms with Crippen molar-refractivity contribution in [1.82, 2.24) is 0 Å². The minimum absolute atomic E-state index is 0.557. The number of hydrogen-bond donors (Lipinski definition) is 0. The average Bonchev–Trinajstić information content (AvgIpc) is 2.87. The fourth-order valence-corrected chi connectivity index (χ4v) is 3.59. The van der Waals surface area contributed by atoms with Crippen molar-refractivity contribution in [1.29, 1.82) is 0 Å². The molecule has 1 aromatic carbocycles. The van der Waals surface area contributed by atoms with Crippen molar-refractivity contribution in [3.63, 3.8) is 0 Å². The van der Waals surface area contributed by atoms with E-state index in [4.69, 9.17) is 21.1 Å². The van der Waals surface area contributed by atoms with Gasteiger partial charge in [-0.2, -0.15) is 4.99 Å². The molecule has 20 heavy (non-hydrogen) atoms. The quantitative estimate of drug-likeness (QED) is 0.627. The lowest BCUT2D eigenvalue weighted by Gasteiger charge is -2.27. The summed E-state index contributed by atoms with van der Waals surface area (Å²) in [6.07, 6.45) is 5.37. The number of benzene rings is 1. The molecule has 0 saturated heterocycles. The lowest BCUT2D eigenvalue weighted by Crippen LogP contribution is -2.21. The second kappa shape index (κ2) is 5.86. The van der Waals surface area contributed by atoms with Crippen LogP contribution in [0, 0.1) is 6.92 Å². The summed E-state index contributed by atoms with van der Waals surface area (Å²) in [5.74, 6) is 1.22. The fraction of sp³-hybridized carbons (Fsp3) is 0.533. The summed E-state index contributed by atoms with van der Waals surface area (Å²) >= 11 is 6.42. The van der Waals surface area contributed by atoms with Gasteiger partial charge in [0, 0.05) is 17.2 Å². The molecule has 108 valence electrons. The summed E-state index contributed by atoms with van der Waals surface area (Å²) in [5, 5.41) is 0.557. The monoisotopic (exact) mass is 295 g/mol. The third-order valence-corrected chi connectivity index (χ3v) is 4.31. The Bertz CT molecular complexity index is 559. The van der Waals surface area contributed by atoms with Crippen molar-refractivity contribution in [3.05, 3.63) is 22.2 Å². The van der Waals surface area contributed by atoms with Gasteiger partial charge in [0.1, 0.15) is 5.54 Å². The van der Waals surface area contributed by atoms with Gasteiger partial charge in [-0.15, -0.1) is 0 Å². The van der Waals surface area contributed by atoms with Crippen LogP contribution in [0.15, 0.2) is 11.1 Å². The molecule has 5 heteroatoms. The topological polar surface area (TPSA) is 47.9 Å². The first-order valence-corrected chi connectivity index (χ1v) is 6.98. The van der Waals surface area contributed by atoms with E-state index in [-0.39, 0.29) is 0 Å². The summed E-state index contributed by atoms with van der Waals surface area (Å²) < 4.78 is 10.7. The van der Waals surface area contributed by atoms with Gasteiger partial charge in [0.25, 0.3) is 0 Å². The molecule has 1 fully saturated rings. The van der Waals surface area contributed by atoms with Crippen molar-refractivity contribution in [2.75, 3.05) is 14.2 Å². The number of ether oxygens (including phenoxy) is 2. The van der Waals surface area contributed by atoms with Gasteiger partial charge in [0.05, 0.1) is 19.2 Å². The van der Waals surface area contributed by atoms with Gasteiger partial charge in [-0.25, -0.2) is 4.79 Å². The van der Waals surface area contributed by atoms with Gasteiger partial charge >= 0.3 is 0 Å². The number of nitrogens with zero attached hydrogens (tertiary/aromatic N) is 1. The standard InChI is InChI=1S/C15H18ClNO3/c1-10-13(15(17-9-18)6-4-5-7-15)11(16)8-12(19-2)14(10)20-3/h8H,4-7H2,1-3H3. The average molecular weight is 296 g/mol. The van der Waals surface area contributed by atoms with Crippen molar-refractivity contribution in [2.45, 2.75) is 38.1 Å². The Kier molecular flexibility index (Phi) is 4.36.